The molecule has 2 aromatic rings. The van der Waals surface area contributed by atoms with Gasteiger partial charge in [0.2, 0.25) is 0 Å². The van der Waals surface area contributed by atoms with Crippen LogP contribution < -0.4 is 10.7 Å². The number of carbonyl (C=O) groups excluding carboxylic acids is 1. The molecule has 0 radical (unpaired) electrons. The summed E-state index contributed by atoms with van der Waals surface area (Å²) in [6.07, 6.45) is 2.95. The Hall–Kier alpha value is -2.14. The maximum Gasteiger partial charge on any atom is 0.268 e. The molecular weight excluding hydrogens is 268 g/mol. The molecule has 5 nitrogen and oxygen atoms in total. The summed E-state index contributed by atoms with van der Waals surface area (Å²) in [4.78, 5) is 27.3. The molecule has 1 fully saturated rings. The van der Waals surface area contributed by atoms with Gasteiger partial charge in [0.05, 0.1) is 12.1 Å². The number of fused-ring (bicyclic) bond motifs is 1. The number of aromatic amines is 1. The van der Waals surface area contributed by atoms with Crippen molar-refractivity contribution in [1.82, 2.24) is 10.3 Å². The molecule has 2 unspecified atom stereocenters. The maximum atomic E-state index is 12.3. The van der Waals surface area contributed by atoms with E-state index in [0.717, 1.165) is 19.3 Å². The second kappa shape index (κ2) is 5.69. The van der Waals surface area contributed by atoms with E-state index in [1.165, 1.54) is 6.07 Å². The van der Waals surface area contributed by atoms with Crippen LogP contribution in [-0.4, -0.2) is 28.1 Å². The Morgan fingerprint density at radius 2 is 2.00 bits per heavy atom. The number of aromatic nitrogens is 1. The van der Waals surface area contributed by atoms with Crippen molar-refractivity contribution >= 4 is 16.8 Å². The van der Waals surface area contributed by atoms with Gasteiger partial charge in [0.15, 0.2) is 5.43 Å². The summed E-state index contributed by atoms with van der Waals surface area (Å²) >= 11 is 0. The van der Waals surface area contributed by atoms with Crippen LogP contribution in [0.5, 0.6) is 0 Å². The monoisotopic (exact) mass is 286 g/mol. The Labute approximate surface area is 122 Å². The zero-order valence-electron chi connectivity index (χ0n) is 11.6. The van der Waals surface area contributed by atoms with Gasteiger partial charge in [-0.1, -0.05) is 25.0 Å². The molecule has 3 N–H and O–H groups in total. The molecule has 1 aromatic heterocycles. The topological polar surface area (TPSA) is 82.2 Å². The highest BCUT2D eigenvalue weighted by Crippen LogP contribution is 2.18. The molecule has 0 spiro atoms. The van der Waals surface area contributed by atoms with E-state index in [1.54, 1.807) is 18.2 Å². The molecule has 110 valence electrons. The van der Waals surface area contributed by atoms with E-state index in [-0.39, 0.29) is 23.1 Å². The van der Waals surface area contributed by atoms with E-state index < -0.39 is 6.10 Å². The standard InChI is InChI=1S/C16H18N2O3/c19-14-8-4-3-7-12(14)18-16(21)13-9-15(20)10-5-1-2-6-11(10)17-13/h1-2,5-6,9,12,14,19H,3-4,7-8H2,(H,17,20)(H,18,21). The summed E-state index contributed by atoms with van der Waals surface area (Å²) in [5.74, 6) is -0.344. The first kappa shape index (κ1) is 13.8. The van der Waals surface area contributed by atoms with E-state index in [0.29, 0.717) is 17.3 Å². The molecule has 1 heterocycles. The third-order valence-corrected chi connectivity index (χ3v) is 4.03. The lowest BCUT2D eigenvalue weighted by Gasteiger charge is -2.28. The molecule has 0 aliphatic heterocycles. The Balaban J connectivity index is 1.86. The highest BCUT2D eigenvalue weighted by Gasteiger charge is 2.25. The lowest BCUT2D eigenvalue weighted by Crippen LogP contribution is -2.45. The van der Waals surface area contributed by atoms with Gasteiger partial charge >= 0.3 is 0 Å². The minimum absolute atomic E-state index is 0.182. The predicted octanol–water partition coefficient (Wildman–Crippen LogP) is 1.56. The number of aliphatic hydroxyl groups excluding tert-OH is 1. The van der Waals surface area contributed by atoms with Gasteiger partial charge in [0.1, 0.15) is 5.69 Å². The predicted molar refractivity (Wildman–Crippen MR) is 80.3 cm³/mol. The van der Waals surface area contributed by atoms with Gasteiger partial charge in [-0.05, 0) is 25.0 Å². The summed E-state index contributed by atoms with van der Waals surface area (Å²) in [6, 6.07) is 8.16. The second-order valence-electron chi connectivity index (χ2n) is 5.52. The zero-order valence-corrected chi connectivity index (χ0v) is 11.6. The van der Waals surface area contributed by atoms with Crippen molar-refractivity contribution in [2.45, 2.75) is 37.8 Å². The Morgan fingerprint density at radius 1 is 1.24 bits per heavy atom. The fourth-order valence-corrected chi connectivity index (χ4v) is 2.85. The van der Waals surface area contributed by atoms with Crippen molar-refractivity contribution in [2.24, 2.45) is 0 Å². The molecule has 3 rings (SSSR count). The first-order valence-electron chi connectivity index (χ1n) is 7.26. The fourth-order valence-electron chi connectivity index (χ4n) is 2.85. The van der Waals surface area contributed by atoms with Gasteiger partial charge in [-0.3, -0.25) is 9.59 Å². The number of hydrogen-bond donors (Lipinski definition) is 3. The first-order chi connectivity index (χ1) is 10.1. The van der Waals surface area contributed by atoms with Crippen LogP contribution in [0.25, 0.3) is 10.9 Å². The van der Waals surface area contributed by atoms with E-state index in [9.17, 15) is 14.7 Å². The van der Waals surface area contributed by atoms with Crippen LogP contribution in [0.15, 0.2) is 35.1 Å². The minimum atomic E-state index is -0.505. The third kappa shape index (κ3) is 2.83. The highest BCUT2D eigenvalue weighted by molar-refractivity contribution is 5.95. The molecule has 5 heteroatoms. The van der Waals surface area contributed by atoms with Crippen molar-refractivity contribution in [3.05, 3.63) is 46.2 Å². The highest BCUT2D eigenvalue weighted by atomic mass is 16.3. The SMILES string of the molecule is O=C(NC1CCCCC1O)c1cc(=O)c2ccccc2[nH]1. The van der Waals surface area contributed by atoms with Crippen LogP contribution in [0.4, 0.5) is 0 Å². The number of benzene rings is 1. The first-order valence-corrected chi connectivity index (χ1v) is 7.26. The van der Waals surface area contributed by atoms with Crippen LogP contribution in [0.3, 0.4) is 0 Å². The summed E-state index contributed by atoms with van der Waals surface area (Å²) in [6.45, 7) is 0. The van der Waals surface area contributed by atoms with Gasteiger partial charge in [0, 0.05) is 17.0 Å². The zero-order chi connectivity index (χ0) is 14.8. The molecule has 1 saturated carbocycles. The van der Waals surface area contributed by atoms with Crippen molar-refractivity contribution in [2.75, 3.05) is 0 Å². The summed E-state index contributed by atoms with van der Waals surface area (Å²) in [5, 5.41) is 13.3. The van der Waals surface area contributed by atoms with Gasteiger partial charge in [-0.15, -0.1) is 0 Å². The maximum absolute atomic E-state index is 12.3. The largest absolute Gasteiger partial charge is 0.391 e. The van der Waals surface area contributed by atoms with Crippen LogP contribution in [-0.2, 0) is 0 Å². The molecule has 21 heavy (non-hydrogen) atoms. The molecule has 2 atom stereocenters. The molecule has 0 bridgehead atoms. The van der Waals surface area contributed by atoms with E-state index in [4.69, 9.17) is 0 Å². The van der Waals surface area contributed by atoms with Crippen molar-refractivity contribution in [3.63, 3.8) is 0 Å². The Kier molecular flexibility index (Phi) is 3.75. The Bertz CT molecular complexity index is 723. The smallest absolute Gasteiger partial charge is 0.268 e. The minimum Gasteiger partial charge on any atom is -0.391 e. The number of H-pyrrole nitrogens is 1. The van der Waals surface area contributed by atoms with Crippen LogP contribution >= 0.6 is 0 Å². The number of pyridine rings is 1. The van der Waals surface area contributed by atoms with Crippen molar-refractivity contribution in [1.29, 1.82) is 0 Å². The van der Waals surface area contributed by atoms with Gasteiger partial charge < -0.3 is 15.4 Å². The molecule has 1 aliphatic rings. The lowest BCUT2D eigenvalue weighted by molar-refractivity contribution is 0.0714. The number of nitrogens with one attached hydrogen (secondary N) is 2. The molecule has 1 aliphatic carbocycles. The van der Waals surface area contributed by atoms with Crippen LogP contribution in [0.2, 0.25) is 0 Å². The molecule has 1 aromatic carbocycles. The van der Waals surface area contributed by atoms with Crippen molar-refractivity contribution < 1.29 is 9.90 Å². The fraction of sp³-hybridized carbons (Fsp3) is 0.375. The average molecular weight is 286 g/mol. The molecule has 0 saturated heterocycles. The lowest BCUT2D eigenvalue weighted by atomic mass is 9.92. The van der Waals surface area contributed by atoms with Crippen molar-refractivity contribution in [3.8, 4) is 0 Å². The number of para-hydroxylation sites is 1. The van der Waals surface area contributed by atoms with Gasteiger partial charge in [0.25, 0.3) is 5.91 Å². The third-order valence-electron chi connectivity index (χ3n) is 4.03. The summed E-state index contributed by atoms with van der Waals surface area (Å²) < 4.78 is 0. The van der Waals surface area contributed by atoms with E-state index in [1.807, 2.05) is 6.07 Å². The second-order valence-corrected chi connectivity index (χ2v) is 5.52. The van der Waals surface area contributed by atoms with Crippen LogP contribution in [0.1, 0.15) is 36.2 Å². The van der Waals surface area contributed by atoms with Gasteiger partial charge in [-0.2, -0.15) is 0 Å². The quantitative estimate of drug-likeness (QED) is 0.783. The van der Waals surface area contributed by atoms with Crippen LogP contribution in [0, 0.1) is 0 Å². The van der Waals surface area contributed by atoms with E-state index in [2.05, 4.69) is 10.3 Å². The van der Waals surface area contributed by atoms with E-state index >= 15 is 0 Å². The number of amides is 1. The number of aliphatic hydroxyl groups is 1. The summed E-state index contributed by atoms with van der Waals surface area (Å²) in [5.41, 5.74) is 0.689. The van der Waals surface area contributed by atoms with Gasteiger partial charge in [-0.25, -0.2) is 0 Å². The number of hydrogen-bond acceptors (Lipinski definition) is 3. The average Bonchev–Trinajstić information content (AvgIpc) is 2.49. The molecular formula is C16H18N2O3. The summed E-state index contributed by atoms with van der Waals surface area (Å²) in [7, 11) is 0. The number of rotatable bonds is 2. The normalized spacial score (nSPS) is 22.1. The number of carbonyl (C=O) groups is 1. The molecule has 1 amide bonds. The Morgan fingerprint density at radius 3 is 2.81 bits per heavy atom.